The molecule has 2 aliphatic heterocycles. The van der Waals surface area contributed by atoms with E-state index in [-0.39, 0.29) is 16.9 Å². The molecule has 0 fully saturated rings. The van der Waals surface area contributed by atoms with Crippen molar-refractivity contribution in [2.45, 2.75) is 44.6 Å². The van der Waals surface area contributed by atoms with E-state index in [9.17, 15) is 4.79 Å². The molecular formula is C20H21NO. The van der Waals surface area contributed by atoms with Crippen LogP contribution in [-0.2, 0) is 16.6 Å². The second kappa shape index (κ2) is 4.22. The molecule has 2 aromatic rings. The molecule has 22 heavy (non-hydrogen) atoms. The van der Waals surface area contributed by atoms with Gasteiger partial charge in [0.25, 0.3) is 0 Å². The van der Waals surface area contributed by atoms with Crippen LogP contribution in [0.2, 0.25) is 0 Å². The predicted octanol–water partition coefficient (Wildman–Crippen LogP) is 4.06. The van der Waals surface area contributed by atoms with Gasteiger partial charge in [-0.05, 0) is 37.0 Å². The number of amides is 1. The van der Waals surface area contributed by atoms with Crippen molar-refractivity contribution in [3.63, 3.8) is 0 Å². The number of nitrogens with zero attached hydrogens (tertiary/aromatic N) is 1. The lowest BCUT2D eigenvalue weighted by molar-refractivity contribution is -0.118. The Balaban J connectivity index is 2.02. The smallest absolute Gasteiger partial charge is 0.232 e. The first kappa shape index (κ1) is 13.6. The molecule has 112 valence electrons. The predicted molar refractivity (Wildman–Crippen MR) is 89.2 cm³/mol. The molecule has 0 saturated carbocycles. The number of benzene rings is 2. The van der Waals surface area contributed by atoms with E-state index in [1.54, 1.807) is 0 Å². The Labute approximate surface area is 131 Å². The zero-order chi connectivity index (χ0) is 15.5. The van der Waals surface area contributed by atoms with E-state index in [0.29, 0.717) is 6.42 Å². The Bertz CT molecular complexity index is 763. The number of hydrogen-bond acceptors (Lipinski definition) is 1. The van der Waals surface area contributed by atoms with Crippen molar-refractivity contribution in [1.82, 2.24) is 0 Å². The minimum absolute atomic E-state index is 0.0583. The van der Waals surface area contributed by atoms with Gasteiger partial charge in [-0.15, -0.1) is 0 Å². The van der Waals surface area contributed by atoms with Gasteiger partial charge in [0.15, 0.2) is 0 Å². The number of carbonyl (C=O) groups is 1. The highest BCUT2D eigenvalue weighted by atomic mass is 16.2. The van der Waals surface area contributed by atoms with Crippen LogP contribution in [-0.4, -0.2) is 11.4 Å². The van der Waals surface area contributed by atoms with Crippen molar-refractivity contribution >= 4 is 11.6 Å². The Morgan fingerprint density at radius 1 is 0.955 bits per heavy atom. The van der Waals surface area contributed by atoms with Crippen LogP contribution in [0.4, 0.5) is 5.69 Å². The van der Waals surface area contributed by atoms with Crippen molar-refractivity contribution in [2.75, 3.05) is 4.90 Å². The number of para-hydroxylation sites is 1. The fraction of sp³-hybridized carbons (Fsp3) is 0.350. The summed E-state index contributed by atoms with van der Waals surface area (Å²) in [5.74, 6) is 0.238. The van der Waals surface area contributed by atoms with Gasteiger partial charge in [0.05, 0.1) is 12.1 Å². The van der Waals surface area contributed by atoms with Crippen LogP contribution in [0.1, 0.15) is 43.9 Å². The van der Waals surface area contributed by atoms with Crippen molar-refractivity contribution in [3.8, 4) is 0 Å². The average molecular weight is 291 g/mol. The summed E-state index contributed by atoms with van der Waals surface area (Å²) in [5.41, 5.74) is 4.74. The fourth-order valence-corrected chi connectivity index (χ4v) is 4.55. The Morgan fingerprint density at radius 2 is 1.68 bits per heavy atom. The molecule has 0 radical (unpaired) electrons. The SMILES string of the molecule is CC1(C)C[C@](C)(c2ccccc2)c2cccc3c2N1C(=O)C3. The Morgan fingerprint density at radius 3 is 2.41 bits per heavy atom. The summed E-state index contributed by atoms with van der Waals surface area (Å²) in [6.45, 7) is 6.70. The van der Waals surface area contributed by atoms with Crippen LogP contribution >= 0.6 is 0 Å². The molecule has 2 nitrogen and oxygen atoms in total. The first-order valence-electron chi connectivity index (χ1n) is 7.94. The summed E-state index contributed by atoms with van der Waals surface area (Å²) in [7, 11) is 0. The van der Waals surface area contributed by atoms with Gasteiger partial charge in [0, 0.05) is 11.0 Å². The van der Waals surface area contributed by atoms with Crippen LogP contribution in [0, 0.1) is 0 Å². The second-order valence-electron chi connectivity index (χ2n) is 7.41. The van der Waals surface area contributed by atoms with Crippen LogP contribution in [0.3, 0.4) is 0 Å². The molecule has 1 amide bonds. The summed E-state index contributed by atoms with van der Waals surface area (Å²) in [4.78, 5) is 14.6. The maximum absolute atomic E-state index is 12.5. The van der Waals surface area contributed by atoms with E-state index in [0.717, 1.165) is 12.1 Å². The van der Waals surface area contributed by atoms with Gasteiger partial charge in [-0.25, -0.2) is 0 Å². The zero-order valence-corrected chi connectivity index (χ0v) is 13.4. The maximum atomic E-state index is 12.5. The van der Waals surface area contributed by atoms with E-state index in [1.165, 1.54) is 16.7 Å². The molecule has 0 N–H and O–H groups in total. The largest absolute Gasteiger partial charge is 0.306 e. The molecular weight excluding hydrogens is 270 g/mol. The van der Waals surface area contributed by atoms with Crippen LogP contribution in [0.25, 0.3) is 0 Å². The van der Waals surface area contributed by atoms with Gasteiger partial charge in [0.2, 0.25) is 5.91 Å². The number of hydrogen-bond donors (Lipinski definition) is 0. The molecule has 0 bridgehead atoms. The van der Waals surface area contributed by atoms with Crippen LogP contribution in [0.5, 0.6) is 0 Å². The van der Waals surface area contributed by atoms with E-state index in [1.807, 2.05) is 4.90 Å². The quantitative estimate of drug-likeness (QED) is 0.776. The number of carbonyl (C=O) groups excluding carboxylic acids is 1. The molecule has 0 aliphatic carbocycles. The van der Waals surface area contributed by atoms with E-state index in [2.05, 4.69) is 69.3 Å². The monoisotopic (exact) mass is 291 g/mol. The molecule has 4 rings (SSSR count). The first-order valence-corrected chi connectivity index (χ1v) is 7.94. The average Bonchev–Trinajstić information content (AvgIpc) is 2.83. The van der Waals surface area contributed by atoms with Crippen molar-refractivity contribution in [3.05, 3.63) is 65.2 Å². The third kappa shape index (κ3) is 1.64. The minimum Gasteiger partial charge on any atom is -0.306 e. The number of rotatable bonds is 1. The number of anilines is 1. The van der Waals surface area contributed by atoms with E-state index < -0.39 is 0 Å². The third-order valence-electron chi connectivity index (χ3n) is 5.33. The van der Waals surface area contributed by atoms with Gasteiger partial charge in [-0.1, -0.05) is 55.5 Å². The van der Waals surface area contributed by atoms with E-state index in [4.69, 9.17) is 0 Å². The molecule has 2 aliphatic rings. The van der Waals surface area contributed by atoms with Crippen LogP contribution < -0.4 is 4.90 Å². The van der Waals surface area contributed by atoms with Gasteiger partial charge >= 0.3 is 0 Å². The summed E-state index contributed by atoms with van der Waals surface area (Å²) in [6.07, 6.45) is 1.48. The molecule has 0 unspecified atom stereocenters. The summed E-state index contributed by atoms with van der Waals surface area (Å²) in [5, 5.41) is 0. The maximum Gasteiger partial charge on any atom is 0.232 e. The van der Waals surface area contributed by atoms with Crippen molar-refractivity contribution in [1.29, 1.82) is 0 Å². The second-order valence-corrected chi connectivity index (χ2v) is 7.41. The molecule has 2 aromatic carbocycles. The standard InChI is InChI=1S/C20H21NO/c1-19(2)13-20(3,15-9-5-4-6-10-15)16-11-7-8-14-12-17(22)21(19)18(14)16/h4-11H,12-13H2,1-3H3/t20-/m1/s1. The summed E-state index contributed by atoms with van der Waals surface area (Å²) >= 11 is 0. The van der Waals surface area contributed by atoms with Crippen molar-refractivity contribution < 1.29 is 4.79 Å². The normalized spacial score (nSPS) is 25.2. The minimum atomic E-state index is -0.165. The topological polar surface area (TPSA) is 20.3 Å². The van der Waals surface area contributed by atoms with Crippen molar-refractivity contribution in [2.24, 2.45) is 0 Å². The Kier molecular flexibility index (Phi) is 2.60. The van der Waals surface area contributed by atoms with Gasteiger partial charge < -0.3 is 4.90 Å². The molecule has 1 atom stereocenters. The highest BCUT2D eigenvalue weighted by molar-refractivity contribution is 6.04. The van der Waals surface area contributed by atoms with Gasteiger partial charge in [-0.2, -0.15) is 0 Å². The summed E-state index contributed by atoms with van der Waals surface area (Å²) in [6, 6.07) is 17.1. The first-order chi connectivity index (χ1) is 10.4. The highest BCUT2D eigenvalue weighted by Gasteiger charge is 2.50. The molecule has 0 spiro atoms. The lowest BCUT2D eigenvalue weighted by atomic mass is 9.65. The summed E-state index contributed by atoms with van der Waals surface area (Å²) < 4.78 is 0. The lowest BCUT2D eigenvalue weighted by Gasteiger charge is -2.50. The molecule has 2 heteroatoms. The molecule has 0 aromatic heterocycles. The highest BCUT2D eigenvalue weighted by Crippen LogP contribution is 2.53. The van der Waals surface area contributed by atoms with Gasteiger partial charge in [0.1, 0.15) is 0 Å². The Hall–Kier alpha value is -2.09. The van der Waals surface area contributed by atoms with Crippen LogP contribution in [0.15, 0.2) is 48.5 Å². The zero-order valence-electron chi connectivity index (χ0n) is 13.4. The third-order valence-corrected chi connectivity index (χ3v) is 5.33. The lowest BCUT2D eigenvalue weighted by Crippen LogP contribution is -2.54. The molecule has 2 heterocycles. The fourth-order valence-electron chi connectivity index (χ4n) is 4.55. The van der Waals surface area contributed by atoms with Gasteiger partial charge in [-0.3, -0.25) is 4.79 Å². The molecule has 0 saturated heterocycles. The van der Waals surface area contributed by atoms with E-state index >= 15 is 0 Å².